The normalized spacial score (nSPS) is 13.7. The quantitative estimate of drug-likeness (QED) is 0.445. The third-order valence-corrected chi connectivity index (χ3v) is 3.84. The number of hydrogen-bond donors (Lipinski definition) is 1. The lowest BCUT2D eigenvalue weighted by Gasteiger charge is -2.02. The number of rotatable bonds is 5. The van der Waals surface area contributed by atoms with Crippen LogP contribution in [0.1, 0.15) is 19.3 Å². The van der Waals surface area contributed by atoms with E-state index < -0.39 is 0 Å². The molecule has 0 aliphatic heterocycles. The largest absolute Gasteiger partial charge is 0.179 e. The summed E-state index contributed by atoms with van der Waals surface area (Å²) in [6.07, 6.45) is 3.77. The molecule has 0 heterocycles. The fraction of sp³-hybridized carbons (Fsp3) is 1.00. The average Bonchev–Trinajstić information content (AvgIpc) is 1.89. The molecular formula is C6H12Br2S. The van der Waals surface area contributed by atoms with Crippen LogP contribution in [0.15, 0.2) is 0 Å². The first kappa shape index (κ1) is 10.3. The zero-order chi connectivity index (χ0) is 7.11. The molecule has 9 heavy (non-hydrogen) atoms. The molecule has 0 radical (unpaired) electrons. The molecule has 0 bridgehead atoms. The summed E-state index contributed by atoms with van der Waals surface area (Å²) < 4.78 is 0. The van der Waals surface area contributed by atoms with Gasteiger partial charge in [-0.2, -0.15) is 12.6 Å². The molecule has 0 amide bonds. The van der Waals surface area contributed by atoms with Gasteiger partial charge in [-0.25, -0.2) is 0 Å². The number of halogens is 2. The highest BCUT2D eigenvalue weighted by molar-refractivity contribution is 9.12. The summed E-state index contributed by atoms with van der Waals surface area (Å²) in [5, 5.41) is 1.06. The van der Waals surface area contributed by atoms with Gasteiger partial charge in [-0.1, -0.05) is 38.3 Å². The number of alkyl halides is 2. The van der Waals surface area contributed by atoms with Gasteiger partial charge in [-0.3, -0.25) is 0 Å². The monoisotopic (exact) mass is 274 g/mol. The SMILES string of the molecule is SCCCCC(Br)CBr. The van der Waals surface area contributed by atoms with Crippen molar-refractivity contribution in [2.45, 2.75) is 24.1 Å². The molecule has 3 heteroatoms. The molecular weight excluding hydrogens is 264 g/mol. The molecule has 56 valence electrons. The fourth-order valence-electron chi connectivity index (χ4n) is 0.555. The first-order valence-electron chi connectivity index (χ1n) is 3.12. The second kappa shape index (κ2) is 7.42. The van der Waals surface area contributed by atoms with Gasteiger partial charge in [0.1, 0.15) is 0 Å². The Morgan fingerprint density at radius 1 is 1.33 bits per heavy atom. The molecule has 0 rings (SSSR count). The van der Waals surface area contributed by atoms with Crippen LogP contribution in [0.4, 0.5) is 0 Å². The highest BCUT2D eigenvalue weighted by atomic mass is 79.9. The second-order valence-electron chi connectivity index (χ2n) is 1.97. The average molecular weight is 276 g/mol. The summed E-state index contributed by atoms with van der Waals surface area (Å²) in [7, 11) is 0. The summed E-state index contributed by atoms with van der Waals surface area (Å²) in [5.74, 6) is 1.02. The van der Waals surface area contributed by atoms with Crippen LogP contribution in [-0.4, -0.2) is 15.9 Å². The maximum absolute atomic E-state index is 4.13. The van der Waals surface area contributed by atoms with E-state index in [0.717, 1.165) is 11.1 Å². The second-order valence-corrected chi connectivity index (χ2v) is 4.36. The molecule has 0 aliphatic carbocycles. The van der Waals surface area contributed by atoms with Crippen LogP contribution in [-0.2, 0) is 0 Å². The highest BCUT2D eigenvalue weighted by Crippen LogP contribution is 2.12. The molecule has 0 saturated heterocycles. The molecule has 0 N–H and O–H groups in total. The van der Waals surface area contributed by atoms with E-state index in [0.29, 0.717) is 4.83 Å². The molecule has 0 aromatic heterocycles. The van der Waals surface area contributed by atoms with Crippen molar-refractivity contribution in [1.82, 2.24) is 0 Å². The Morgan fingerprint density at radius 3 is 2.44 bits per heavy atom. The molecule has 1 atom stereocenters. The Hall–Kier alpha value is 1.31. The molecule has 1 unspecified atom stereocenters. The van der Waals surface area contributed by atoms with Crippen molar-refractivity contribution < 1.29 is 0 Å². The van der Waals surface area contributed by atoms with Crippen LogP contribution in [0.25, 0.3) is 0 Å². The minimum atomic E-state index is 0.650. The summed E-state index contributed by atoms with van der Waals surface area (Å²) in [6, 6.07) is 0. The van der Waals surface area contributed by atoms with Gasteiger partial charge in [-0.15, -0.1) is 0 Å². The van der Waals surface area contributed by atoms with Crippen LogP contribution < -0.4 is 0 Å². The first-order chi connectivity index (χ1) is 4.31. The third kappa shape index (κ3) is 7.20. The minimum absolute atomic E-state index is 0.650. The summed E-state index contributed by atoms with van der Waals surface area (Å²) in [6.45, 7) is 0. The van der Waals surface area contributed by atoms with Crippen molar-refractivity contribution >= 4 is 44.5 Å². The lowest BCUT2D eigenvalue weighted by molar-refractivity contribution is 0.731. The topological polar surface area (TPSA) is 0 Å². The van der Waals surface area contributed by atoms with Crippen molar-refractivity contribution in [3.8, 4) is 0 Å². The molecule has 0 nitrogen and oxygen atoms in total. The predicted molar refractivity (Wildman–Crippen MR) is 54.2 cm³/mol. The Labute approximate surface area is 79.5 Å². The summed E-state index contributed by atoms with van der Waals surface area (Å²) in [5.41, 5.74) is 0. The van der Waals surface area contributed by atoms with Crippen LogP contribution in [0.2, 0.25) is 0 Å². The predicted octanol–water partition coefficient (Wildman–Crippen LogP) is 3.24. The Kier molecular flexibility index (Phi) is 8.50. The fourth-order valence-corrected chi connectivity index (χ4v) is 1.43. The standard InChI is InChI=1S/C6H12Br2S/c7-5-6(8)3-1-2-4-9/h6,9H,1-5H2. The van der Waals surface area contributed by atoms with Crippen LogP contribution in [0.3, 0.4) is 0 Å². The van der Waals surface area contributed by atoms with E-state index in [1.807, 2.05) is 0 Å². The van der Waals surface area contributed by atoms with Gasteiger partial charge in [0, 0.05) is 10.2 Å². The van der Waals surface area contributed by atoms with Crippen molar-refractivity contribution in [3.63, 3.8) is 0 Å². The summed E-state index contributed by atoms with van der Waals surface area (Å²) in [4.78, 5) is 0.650. The van der Waals surface area contributed by atoms with Gasteiger partial charge in [-0.05, 0) is 18.6 Å². The van der Waals surface area contributed by atoms with Crippen molar-refractivity contribution in [2.24, 2.45) is 0 Å². The van der Waals surface area contributed by atoms with Crippen LogP contribution >= 0.6 is 44.5 Å². The van der Waals surface area contributed by atoms with E-state index in [4.69, 9.17) is 0 Å². The van der Waals surface area contributed by atoms with E-state index in [-0.39, 0.29) is 0 Å². The zero-order valence-electron chi connectivity index (χ0n) is 5.32. The van der Waals surface area contributed by atoms with E-state index in [1.165, 1.54) is 19.3 Å². The lowest BCUT2D eigenvalue weighted by atomic mass is 10.2. The van der Waals surface area contributed by atoms with Gasteiger partial charge < -0.3 is 0 Å². The van der Waals surface area contributed by atoms with Crippen molar-refractivity contribution in [1.29, 1.82) is 0 Å². The van der Waals surface area contributed by atoms with Crippen LogP contribution in [0, 0.1) is 0 Å². The highest BCUT2D eigenvalue weighted by Gasteiger charge is 1.98. The van der Waals surface area contributed by atoms with Gasteiger partial charge >= 0.3 is 0 Å². The van der Waals surface area contributed by atoms with E-state index >= 15 is 0 Å². The van der Waals surface area contributed by atoms with Gasteiger partial charge in [0.25, 0.3) is 0 Å². The molecule has 0 saturated carbocycles. The molecule has 0 aromatic rings. The van der Waals surface area contributed by atoms with E-state index in [2.05, 4.69) is 44.5 Å². The maximum atomic E-state index is 4.13. The molecule has 0 fully saturated rings. The number of thiol groups is 1. The number of hydrogen-bond acceptors (Lipinski definition) is 1. The van der Waals surface area contributed by atoms with E-state index in [1.54, 1.807) is 0 Å². The minimum Gasteiger partial charge on any atom is -0.179 e. The third-order valence-electron chi connectivity index (χ3n) is 1.09. The zero-order valence-corrected chi connectivity index (χ0v) is 9.38. The Morgan fingerprint density at radius 2 is 2.00 bits per heavy atom. The molecule has 0 aromatic carbocycles. The Bertz CT molecular complexity index is 59.0. The van der Waals surface area contributed by atoms with E-state index in [9.17, 15) is 0 Å². The summed E-state index contributed by atoms with van der Waals surface area (Å²) >= 11 is 11.1. The van der Waals surface area contributed by atoms with Crippen molar-refractivity contribution in [2.75, 3.05) is 11.1 Å². The van der Waals surface area contributed by atoms with Gasteiger partial charge in [0.2, 0.25) is 0 Å². The Balaban J connectivity index is 2.88. The van der Waals surface area contributed by atoms with Gasteiger partial charge in [0.05, 0.1) is 0 Å². The van der Waals surface area contributed by atoms with Gasteiger partial charge in [0.15, 0.2) is 0 Å². The molecule has 0 aliphatic rings. The van der Waals surface area contributed by atoms with Crippen LogP contribution in [0.5, 0.6) is 0 Å². The lowest BCUT2D eigenvalue weighted by Crippen LogP contribution is -1.97. The smallest absolute Gasteiger partial charge is 0.0242 e. The molecule has 0 spiro atoms. The maximum Gasteiger partial charge on any atom is 0.0242 e. The number of unbranched alkanes of at least 4 members (excludes halogenated alkanes) is 1. The first-order valence-corrected chi connectivity index (χ1v) is 5.79. The van der Waals surface area contributed by atoms with Crippen molar-refractivity contribution in [3.05, 3.63) is 0 Å².